The van der Waals surface area contributed by atoms with Gasteiger partial charge in [0, 0.05) is 40.8 Å². The standard InChI is InChI=1S/C24H23BrCl2N4O3S/c1-30(2)21-9-3-17(4-10-21)14-28-29-24(32)16-31(15-18-5-8-20(26)13-23(18)27)35(33,34)22-11-6-19(25)7-12-22/h3-14H,15-16H2,1-2H3,(H,29,32)/b28-14+. The molecule has 0 unspecified atom stereocenters. The zero-order valence-electron chi connectivity index (χ0n) is 19.0. The third-order valence-corrected chi connectivity index (χ3v) is 7.87. The van der Waals surface area contributed by atoms with Crippen molar-refractivity contribution in [2.24, 2.45) is 5.10 Å². The van der Waals surface area contributed by atoms with Crippen molar-refractivity contribution in [3.8, 4) is 0 Å². The van der Waals surface area contributed by atoms with Crippen LogP contribution in [0.4, 0.5) is 5.69 Å². The second kappa shape index (κ2) is 12.0. The molecule has 11 heteroatoms. The summed E-state index contributed by atoms with van der Waals surface area (Å²) in [7, 11) is -0.146. The van der Waals surface area contributed by atoms with Crippen molar-refractivity contribution in [1.82, 2.24) is 9.73 Å². The molecule has 1 N–H and O–H groups in total. The van der Waals surface area contributed by atoms with E-state index < -0.39 is 22.5 Å². The van der Waals surface area contributed by atoms with Crippen LogP contribution in [0, 0.1) is 0 Å². The van der Waals surface area contributed by atoms with E-state index in [1.54, 1.807) is 24.3 Å². The molecule has 0 aliphatic rings. The van der Waals surface area contributed by atoms with E-state index in [1.807, 2.05) is 43.3 Å². The molecule has 3 aromatic carbocycles. The smallest absolute Gasteiger partial charge is 0.255 e. The van der Waals surface area contributed by atoms with Crippen molar-refractivity contribution in [3.63, 3.8) is 0 Å². The second-order valence-electron chi connectivity index (χ2n) is 7.74. The molecule has 0 saturated carbocycles. The lowest BCUT2D eigenvalue weighted by Gasteiger charge is -2.22. The van der Waals surface area contributed by atoms with E-state index in [0.29, 0.717) is 15.6 Å². The molecule has 0 aromatic heterocycles. The summed E-state index contributed by atoms with van der Waals surface area (Å²) in [6.45, 7) is -0.591. The number of anilines is 1. The molecule has 0 bridgehead atoms. The monoisotopic (exact) mass is 596 g/mol. The minimum atomic E-state index is -4.02. The summed E-state index contributed by atoms with van der Waals surface area (Å²) in [6.07, 6.45) is 1.49. The number of nitrogens with zero attached hydrogens (tertiary/aromatic N) is 3. The number of halogens is 3. The average Bonchev–Trinajstić information content (AvgIpc) is 2.81. The highest BCUT2D eigenvalue weighted by Crippen LogP contribution is 2.25. The van der Waals surface area contributed by atoms with Gasteiger partial charge in [0.2, 0.25) is 10.0 Å². The number of carbonyl (C=O) groups is 1. The van der Waals surface area contributed by atoms with Gasteiger partial charge in [0.15, 0.2) is 0 Å². The fraction of sp³-hybridized carbons (Fsp3) is 0.167. The summed E-state index contributed by atoms with van der Waals surface area (Å²) in [6, 6.07) is 18.5. The van der Waals surface area contributed by atoms with E-state index in [1.165, 1.54) is 24.4 Å². The van der Waals surface area contributed by atoms with Crippen LogP contribution in [0.3, 0.4) is 0 Å². The first-order chi connectivity index (χ1) is 16.6. The number of sulfonamides is 1. The Morgan fingerprint density at radius 1 is 1.03 bits per heavy atom. The minimum Gasteiger partial charge on any atom is -0.378 e. The van der Waals surface area contributed by atoms with Crippen LogP contribution >= 0.6 is 39.1 Å². The third-order valence-electron chi connectivity index (χ3n) is 4.95. The van der Waals surface area contributed by atoms with Gasteiger partial charge in [0.25, 0.3) is 5.91 Å². The largest absolute Gasteiger partial charge is 0.378 e. The van der Waals surface area contributed by atoms with Gasteiger partial charge in [-0.05, 0) is 59.7 Å². The van der Waals surface area contributed by atoms with Gasteiger partial charge in [0.1, 0.15) is 0 Å². The molecule has 0 radical (unpaired) electrons. The Kier molecular flexibility index (Phi) is 9.32. The van der Waals surface area contributed by atoms with E-state index in [4.69, 9.17) is 23.2 Å². The highest BCUT2D eigenvalue weighted by Gasteiger charge is 2.27. The van der Waals surface area contributed by atoms with Crippen molar-refractivity contribution in [2.45, 2.75) is 11.4 Å². The van der Waals surface area contributed by atoms with Crippen molar-refractivity contribution >= 4 is 67.0 Å². The van der Waals surface area contributed by atoms with E-state index in [-0.39, 0.29) is 11.4 Å². The molecule has 7 nitrogen and oxygen atoms in total. The number of amides is 1. The Balaban J connectivity index is 1.78. The van der Waals surface area contributed by atoms with Crippen molar-refractivity contribution in [2.75, 3.05) is 25.5 Å². The molecule has 184 valence electrons. The lowest BCUT2D eigenvalue weighted by molar-refractivity contribution is -0.121. The number of hydrogen-bond donors (Lipinski definition) is 1. The fourth-order valence-corrected chi connectivity index (χ4v) is 5.16. The van der Waals surface area contributed by atoms with Crippen LogP contribution in [0.2, 0.25) is 10.0 Å². The van der Waals surface area contributed by atoms with E-state index in [0.717, 1.165) is 20.0 Å². The Morgan fingerprint density at radius 2 is 1.69 bits per heavy atom. The summed E-state index contributed by atoms with van der Waals surface area (Å²) in [5, 5.41) is 4.68. The molecule has 0 aliphatic carbocycles. The van der Waals surface area contributed by atoms with Gasteiger partial charge in [-0.3, -0.25) is 4.79 Å². The Bertz CT molecular complexity index is 1320. The molecule has 0 atom stereocenters. The molecule has 0 spiro atoms. The van der Waals surface area contributed by atoms with Crippen molar-refractivity contribution < 1.29 is 13.2 Å². The summed E-state index contributed by atoms with van der Waals surface area (Å²) >= 11 is 15.5. The van der Waals surface area contributed by atoms with Crippen LogP contribution in [-0.2, 0) is 21.4 Å². The predicted octanol–water partition coefficient (Wildman–Crippen LogP) is 5.16. The van der Waals surface area contributed by atoms with Crippen LogP contribution in [0.1, 0.15) is 11.1 Å². The lowest BCUT2D eigenvalue weighted by Crippen LogP contribution is -2.39. The van der Waals surface area contributed by atoms with Crippen LogP contribution in [0.15, 0.2) is 81.2 Å². The van der Waals surface area contributed by atoms with Gasteiger partial charge in [-0.15, -0.1) is 0 Å². The summed E-state index contributed by atoms with van der Waals surface area (Å²) in [5.74, 6) is -0.600. The van der Waals surface area contributed by atoms with Gasteiger partial charge < -0.3 is 4.90 Å². The summed E-state index contributed by atoms with van der Waals surface area (Å²) < 4.78 is 28.5. The normalized spacial score (nSPS) is 11.7. The van der Waals surface area contributed by atoms with Gasteiger partial charge >= 0.3 is 0 Å². The summed E-state index contributed by atoms with van der Waals surface area (Å²) in [5.41, 5.74) is 4.71. The Labute approximate surface area is 223 Å². The zero-order chi connectivity index (χ0) is 25.6. The van der Waals surface area contributed by atoms with Gasteiger partial charge in [-0.1, -0.05) is 57.3 Å². The molecule has 35 heavy (non-hydrogen) atoms. The zero-order valence-corrected chi connectivity index (χ0v) is 22.9. The SMILES string of the molecule is CN(C)c1ccc(/C=N/NC(=O)CN(Cc2ccc(Cl)cc2Cl)S(=O)(=O)c2ccc(Br)cc2)cc1. The molecule has 3 rings (SSSR count). The predicted molar refractivity (Wildman–Crippen MR) is 145 cm³/mol. The summed E-state index contributed by atoms with van der Waals surface area (Å²) in [4.78, 5) is 14.7. The minimum absolute atomic E-state index is 0.0445. The number of nitrogens with one attached hydrogen (secondary N) is 1. The number of rotatable bonds is 9. The van der Waals surface area contributed by atoms with Crippen LogP contribution in [0.5, 0.6) is 0 Å². The van der Waals surface area contributed by atoms with Crippen LogP contribution in [-0.4, -0.2) is 45.5 Å². The Morgan fingerprint density at radius 3 is 2.29 bits per heavy atom. The molecule has 0 fully saturated rings. The van der Waals surface area contributed by atoms with Gasteiger partial charge in [-0.2, -0.15) is 9.41 Å². The number of hydrogen-bond acceptors (Lipinski definition) is 5. The van der Waals surface area contributed by atoms with Gasteiger partial charge in [-0.25, -0.2) is 13.8 Å². The van der Waals surface area contributed by atoms with E-state index >= 15 is 0 Å². The van der Waals surface area contributed by atoms with Crippen molar-refractivity contribution in [3.05, 3.63) is 92.4 Å². The molecule has 0 heterocycles. The van der Waals surface area contributed by atoms with Gasteiger partial charge in [0.05, 0.1) is 17.7 Å². The quantitative estimate of drug-likeness (QED) is 0.273. The van der Waals surface area contributed by atoms with Crippen LogP contribution in [0.25, 0.3) is 0 Å². The molecular weight excluding hydrogens is 575 g/mol. The maximum Gasteiger partial charge on any atom is 0.255 e. The number of hydrazone groups is 1. The lowest BCUT2D eigenvalue weighted by atomic mass is 10.2. The fourth-order valence-electron chi connectivity index (χ4n) is 3.05. The second-order valence-corrected chi connectivity index (χ2v) is 11.4. The maximum atomic E-state index is 13.4. The molecule has 1 amide bonds. The highest BCUT2D eigenvalue weighted by molar-refractivity contribution is 9.10. The molecular formula is C24H23BrCl2N4O3S. The average molecular weight is 598 g/mol. The Hall–Kier alpha value is -2.43. The highest BCUT2D eigenvalue weighted by atomic mass is 79.9. The number of carbonyl (C=O) groups excluding carboxylic acids is 1. The maximum absolute atomic E-state index is 13.4. The first-order valence-corrected chi connectivity index (χ1v) is 13.3. The van der Waals surface area contributed by atoms with E-state index in [9.17, 15) is 13.2 Å². The van der Waals surface area contributed by atoms with E-state index in [2.05, 4.69) is 26.5 Å². The van der Waals surface area contributed by atoms with Crippen molar-refractivity contribution in [1.29, 1.82) is 0 Å². The first-order valence-electron chi connectivity index (χ1n) is 10.3. The first kappa shape index (κ1) is 27.2. The van der Waals surface area contributed by atoms with Crippen LogP contribution < -0.4 is 10.3 Å². The number of benzene rings is 3. The third kappa shape index (κ3) is 7.52. The molecule has 3 aromatic rings. The molecule has 0 saturated heterocycles. The topological polar surface area (TPSA) is 82.1 Å². The molecule has 0 aliphatic heterocycles.